The molecule has 0 aliphatic carbocycles. The van der Waals surface area contributed by atoms with E-state index < -0.39 is 0 Å². The molecule has 6 nitrogen and oxygen atoms in total. The first-order valence-electron chi connectivity index (χ1n) is 9.75. The summed E-state index contributed by atoms with van der Waals surface area (Å²) in [6.45, 7) is 6.84. The van der Waals surface area contributed by atoms with E-state index in [1.165, 1.54) is 0 Å². The van der Waals surface area contributed by atoms with Crippen LogP contribution in [0.15, 0.2) is 66.3 Å². The number of piperidine rings is 1. The van der Waals surface area contributed by atoms with Crippen LogP contribution in [0.4, 0.5) is 5.82 Å². The van der Waals surface area contributed by atoms with Crippen molar-refractivity contribution in [3.05, 3.63) is 66.9 Å². The topological polar surface area (TPSA) is 61.8 Å². The van der Waals surface area contributed by atoms with Crippen molar-refractivity contribution in [3.8, 4) is 5.75 Å². The van der Waals surface area contributed by atoms with E-state index in [0.717, 1.165) is 49.0 Å². The van der Waals surface area contributed by atoms with Crippen molar-refractivity contribution in [2.45, 2.75) is 25.4 Å². The third-order valence-corrected chi connectivity index (χ3v) is 4.81. The van der Waals surface area contributed by atoms with Gasteiger partial charge in [0.05, 0.1) is 0 Å². The fraction of sp³-hybridized carbons (Fsp3) is 0.364. The number of nitrogens with one attached hydrogen (secondary N) is 2. The molecule has 1 aromatic carbocycles. The van der Waals surface area contributed by atoms with Crippen LogP contribution in [0.3, 0.4) is 0 Å². The number of rotatable bonds is 7. The van der Waals surface area contributed by atoms with Gasteiger partial charge in [-0.15, -0.1) is 0 Å². The molecule has 0 saturated carbocycles. The van der Waals surface area contributed by atoms with Crippen molar-refractivity contribution in [2.75, 3.05) is 31.6 Å². The SMILES string of the molecule is C=CCOc1ccccc1CNC(=NC)NC1CCN(c2ccccn2)CC1. The molecule has 1 aliphatic heterocycles. The lowest BCUT2D eigenvalue weighted by atomic mass is 10.1. The van der Waals surface area contributed by atoms with E-state index >= 15 is 0 Å². The largest absolute Gasteiger partial charge is 0.489 e. The fourth-order valence-electron chi connectivity index (χ4n) is 3.30. The molecule has 1 saturated heterocycles. The number of ether oxygens (including phenoxy) is 1. The lowest BCUT2D eigenvalue weighted by Gasteiger charge is -2.33. The van der Waals surface area contributed by atoms with Crippen molar-refractivity contribution >= 4 is 11.8 Å². The Bertz CT molecular complexity index is 770. The average molecular weight is 380 g/mol. The molecule has 0 bridgehead atoms. The molecule has 6 heteroatoms. The lowest BCUT2D eigenvalue weighted by molar-refractivity contribution is 0.358. The van der Waals surface area contributed by atoms with E-state index in [9.17, 15) is 0 Å². The average Bonchev–Trinajstić information content (AvgIpc) is 2.76. The summed E-state index contributed by atoms with van der Waals surface area (Å²) in [5.74, 6) is 2.74. The highest BCUT2D eigenvalue weighted by Gasteiger charge is 2.20. The standard InChI is InChI=1S/C22H29N5O/c1-3-16-28-20-9-5-4-8-18(20)17-25-22(23-2)26-19-11-14-27(15-12-19)21-10-6-7-13-24-21/h3-10,13,19H,1,11-12,14-17H2,2H3,(H2,23,25,26). The molecular formula is C22H29N5O. The number of aliphatic imine (C=N–C) groups is 1. The highest BCUT2D eigenvalue weighted by molar-refractivity contribution is 5.80. The molecule has 0 unspecified atom stereocenters. The number of hydrogen-bond acceptors (Lipinski definition) is 4. The summed E-state index contributed by atoms with van der Waals surface area (Å²) < 4.78 is 5.73. The summed E-state index contributed by atoms with van der Waals surface area (Å²) in [7, 11) is 1.80. The molecule has 2 heterocycles. The van der Waals surface area contributed by atoms with E-state index in [1.807, 2.05) is 36.5 Å². The number of benzene rings is 1. The van der Waals surface area contributed by atoms with Gasteiger partial charge in [-0.3, -0.25) is 4.99 Å². The fourth-order valence-corrected chi connectivity index (χ4v) is 3.30. The number of aromatic nitrogens is 1. The van der Waals surface area contributed by atoms with Gasteiger partial charge in [-0.05, 0) is 31.0 Å². The number of para-hydroxylation sites is 1. The second-order valence-corrected chi connectivity index (χ2v) is 6.73. The number of hydrogen-bond donors (Lipinski definition) is 2. The Kier molecular flexibility index (Phi) is 7.29. The van der Waals surface area contributed by atoms with Crippen LogP contribution >= 0.6 is 0 Å². The Labute approximate surface area is 167 Å². The number of nitrogens with zero attached hydrogens (tertiary/aromatic N) is 3. The Morgan fingerprint density at radius 1 is 1.25 bits per heavy atom. The van der Waals surface area contributed by atoms with E-state index in [1.54, 1.807) is 13.1 Å². The van der Waals surface area contributed by atoms with Crippen LogP contribution in [0.5, 0.6) is 5.75 Å². The second-order valence-electron chi connectivity index (χ2n) is 6.73. The first-order chi connectivity index (χ1) is 13.8. The van der Waals surface area contributed by atoms with E-state index in [2.05, 4.69) is 44.2 Å². The zero-order valence-corrected chi connectivity index (χ0v) is 16.5. The highest BCUT2D eigenvalue weighted by Crippen LogP contribution is 2.18. The summed E-state index contributed by atoms with van der Waals surface area (Å²) in [4.78, 5) is 11.2. The van der Waals surface area contributed by atoms with Crippen LogP contribution in [-0.4, -0.2) is 43.7 Å². The first-order valence-corrected chi connectivity index (χ1v) is 9.75. The Balaban J connectivity index is 1.49. The van der Waals surface area contributed by atoms with Crippen LogP contribution in [-0.2, 0) is 6.54 Å². The van der Waals surface area contributed by atoms with Gasteiger partial charge in [0.15, 0.2) is 5.96 Å². The smallest absolute Gasteiger partial charge is 0.191 e. The first kappa shape index (κ1) is 19.7. The Morgan fingerprint density at radius 3 is 2.75 bits per heavy atom. The minimum atomic E-state index is 0.401. The predicted molar refractivity (Wildman–Crippen MR) is 115 cm³/mol. The molecule has 0 atom stereocenters. The third kappa shape index (κ3) is 5.49. The summed E-state index contributed by atoms with van der Waals surface area (Å²) in [6.07, 6.45) is 5.71. The molecule has 0 radical (unpaired) electrons. The Morgan fingerprint density at radius 2 is 2.04 bits per heavy atom. The number of anilines is 1. The van der Waals surface area contributed by atoms with Crippen LogP contribution in [0, 0.1) is 0 Å². The summed E-state index contributed by atoms with van der Waals surface area (Å²) in [5.41, 5.74) is 1.09. The maximum atomic E-state index is 5.73. The molecular weight excluding hydrogens is 350 g/mol. The van der Waals surface area contributed by atoms with Crippen LogP contribution in [0.25, 0.3) is 0 Å². The minimum Gasteiger partial charge on any atom is -0.489 e. The Hall–Kier alpha value is -3.02. The number of guanidine groups is 1. The normalized spacial score (nSPS) is 15.2. The van der Waals surface area contributed by atoms with Gasteiger partial charge in [-0.25, -0.2) is 4.98 Å². The minimum absolute atomic E-state index is 0.401. The molecule has 1 fully saturated rings. The van der Waals surface area contributed by atoms with E-state index in [-0.39, 0.29) is 0 Å². The van der Waals surface area contributed by atoms with Crippen molar-refractivity contribution in [2.24, 2.45) is 4.99 Å². The van der Waals surface area contributed by atoms with Crippen LogP contribution in [0.1, 0.15) is 18.4 Å². The zero-order chi connectivity index (χ0) is 19.6. The lowest BCUT2D eigenvalue weighted by Crippen LogP contribution is -2.48. The number of pyridine rings is 1. The molecule has 0 spiro atoms. The van der Waals surface area contributed by atoms with Gasteiger partial charge in [-0.2, -0.15) is 0 Å². The molecule has 0 amide bonds. The molecule has 1 aliphatic rings. The summed E-state index contributed by atoms with van der Waals surface area (Å²) >= 11 is 0. The zero-order valence-electron chi connectivity index (χ0n) is 16.5. The maximum Gasteiger partial charge on any atom is 0.191 e. The quantitative estimate of drug-likeness (QED) is 0.440. The predicted octanol–water partition coefficient (Wildman–Crippen LogP) is 2.98. The molecule has 3 rings (SSSR count). The van der Waals surface area contributed by atoms with Gasteiger partial charge in [-0.1, -0.05) is 36.9 Å². The van der Waals surface area contributed by atoms with Crippen LogP contribution in [0.2, 0.25) is 0 Å². The van der Waals surface area contributed by atoms with Gasteiger partial charge in [0.1, 0.15) is 18.2 Å². The van der Waals surface area contributed by atoms with Gasteiger partial charge >= 0.3 is 0 Å². The van der Waals surface area contributed by atoms with Gasteiger partial charge in [0.2, 0.25) is 0 Å². The molecule has 2 aromatic rings. The molecule has 2 N–H and O–H groups in total. The van der Waals surface area contributed by atoms with Gasteiger partial charge in [0.25, 0.3) is 0 Å². The summed E-state index contributed by atoms with van der Waals surface area (Å²) in [5, 5.41) is 6.95. The van der Waals surface area contributed by atoms with Gasteiger partial charge in [0, 0.05) is 44.5 Å². The molecule has 1 aromatic heterocycles. The summed E-state index contributed by atoms with van der Waals surface area (Å²) in [6, 6.07) is 14.5. The van der Waals surface area contributed by atoms with Crippen molar-refractivity contribution in [1.29, 1.82) is 0 Å². The van der Waals surface area contributed by atoms with E-state index in [0.29, 0.717) is 19.2 Å². The van der Waals surface area contributed by atoms with Crippen molar-refractivity contribution < 1.29 is 4.74 Å². The third-order valence-electron chi connectivity index (χ3n) is 4.81. The second kappa shape index (κ2) is 10.3. The highest BCUT2D eigenvalue weighted by atomic mass is 16.5. The molecule has 148 valence electrons. The monoisotopic (exact) mass is 379 g/mol. The van der Waals surface area contributed by atoms with Crippen molar-refractivity contribution in [1.82, 2.24) is 15.6 Å². The molecule has 28 heavy (non-hydrogen) atoms. The van der Waals surface area contributed by atoms with Crippen molar-refractivity contribution in [3.63, 3.8) is 0 Å². The van der Waals surface area contributed by atoms with E-state index in [4.69, 9.17) is 4.74 Å². The maximum absolute atomic E-state index is 5.73. The van der Waals surface area contributed by atoms with Crippen LogP contribution < -0.4 is 20.3 Å². The van der Waals surface area contributed by atoms with Gasteiger partial charge < -0.3 is 20.3 Å².